The Bertz CT molecular complexity index is 1030. The predicted octanol–water partition coefficient (Wildman–Crippen LogP) is 1.54. The number of hydrogen-bond acceptors (Lipinski definition) is 8. The number of phenolic OH excluding ortho intramolecular Hbond substituents is 2. The van der Waals surface area contributed by atoms with Gasteiger partial charge in [-0.05, 0) is 34.6 Å². The number of rotatable bonds is 4. The van der Waals surface area contributed by atoms with E-state index in [0.717, 1.165) is 6.08 Å². The zero-order chi connectivity index (χ0) is 21.8. The molecule has 1 aliphatic heterocycles. The van der Waals surface area contributed by atoms with E-state index >= 15 is 0 Å². The van der Waals surface area contributed by atoms with Crippen LogP contribution in [0, 0.1) is 6.92 Å². The van der Waals surface area contributed by atoms with Crippen molar-refractivity contribution in [1.82, 2.24) is 5.32 Å². The van der Waals surface area contributed by atoms with E-state index < -0.39 is 34.6 Å². The van der Waals surface area contributed by atoms with Crippen molar-refractivity contribution in [1.29, 1.82) is 0 Å². The molecule has 8 nitrogen and oxygen atoms in total. The van der Waals surface area contributed by atoms with Gasteiger partial charge < -0.3 is 25.4 Å². The number of Topliss-reactive ketones (excluding diaryl/α,β-unsaturated/α-hetero) is 2. The molecule has 8 heteroatoms. The van der Waals surface area contributed by atoms with E-state index in [1.165, 1.54) is 20.8 Å². The lowest BCUT2D eigenvalue weighted by Crippen LogP contribution is -2.41. The molecule has 3 rings (SSSR count). The third-order valence-electron chi connectivity index (χ3n) is 5.42. The van der Waals surface area contributed by atoms with Crippen molar-refractivity contribution in [3.05, 3.63) is 39.8 Å². The molecule has 0 unspecified atom stereocenters. The second-order valence-electron chi connectivity index (χ2n) is 7.62. The van der Waals surface area contributed by atoms with Crippen LogP contribution in [-0.4, -0.2) is 45.3 Å². The smallest absolute Gasteiger partial charge is 0.194 e. The molecule has 0 fully saturated rings. The van der Waals surface area contributed by atoms with Crippen LogP contribution in [-0.2, 0) is 15.0 Å². The van der Waals surface area contributed by atoms with Gasteiger partial charge >= 0.3 is 0 Å². The highest BCUT2D eigenvalue weighted by molar-refractivity contribution is 6.31. The van der Waals surface area contributed by atoms with E-state index in [4.69, 9.17) is 4.74 Å². The molecule has 154 valence electrons. The van der Waals surface area contributed by atoms with Gasteiger partial charge in [-0.2, -0.15) is 0 Å². The summed E-state index contributed by atoms with van der Waals surface area (Å²) < 4.78 is 5.69. The molecular weight excluding hydrogens is 378 g/mol. The van der Waals surface area contributed by atoms with Gasteiger partial charge in [-0.1, -0.05) is 0 Å². The number of hydrogen-bond donors (Lipinski definition) is 4. The first-order valence-corrected chi connectivity index (χ1v) is 9.14. The molecule has 0 radical (unpaired) electrons. The molecule has 2 atom stereocenters. The number of fused-ring (bicyclic) bond motifs is 3. The summed E-state index contributed by atoms with van der Waals surface area (Å²) in [6, 6.07) is 0. The summed E-state index contributed by atoms with van der Waals surface area (Å²) in [7, 11) is 0. The lowest BCUT2D eigenvalue weighted by molar-refractivity contribution is -0.123. The molecule has 0 aromatic heterocycles. The molecule has 1 heterocycles. The van der Waals surface area contributed by atoms with E-state index in [2.05, 4.69) is 5.32 Å². The van der Waals surface area contributed by atoms with Gasteiger partial charge in [-0.15, -0.1) is 0 Å². The molecule has 0 bridgehead atoms. The molecule has 0 amide bonds. The van der Waals surface area contributed by atoms with Crippen molar-refractivity contribution in [2.75, 3.05) is 6.54 Å². The summed E-state index contributed by atoms with van der Waals surface area (Å²) in [5.74, 6) is -2.64. The first kappa shape index (κ1) is 20.6. The third kappa shape index (κ3) is 2.82. The standard InChI is InChI=1S/C21H23NO7/c1-8(23)7-22-10(3)14-12(25)6-13-21(5,20(14)28)16-18(27)9(2)17(26)15(11(4)24)19(16)29-13/h6,8,22-23,26-27H,7H2,1-5H3/b14-10+/t8-,21-/m0/s1. The number of ketones is 3. The number of carbonyl (C=O) groups excluding carboxylic acids is 3. The predicted molar refractivity (Wildman–Crippen MR) is 103 cm³/mol. The quantitative estimate of drug-likeness (QED) is 0.339. The van der Waals surface area contributed by atoms with Crippen molar-refractivity contribution in [3.63, 3.8) is 0 Å². The summed E-state index contributed by atoms with van der Waals surface area (Å²) in [5, 5.41) is 33.4. The van der Waals surface area contributed by atoms with E-state index in [-0.39, 0.29) is 51.8 Å². The van der Waals surface area contributed by atoms with Crippen LogP contribution in [0.3, 0.4) is 0 Å². The summed E-state index contributed by atoms with van der Waals surface area (Å²) in [6.45, 7) is 7.41. The Labute approximate surface area is 167 Å². The van der Waals surface area contributed by atoms with Crippen LogP contribution >= 0.6 is 0 Å². The third-order valence-corrected chi connectivity index (χ3v) is 5.42. The highest BCUT2D eigenvalue weighted by atomic mass is 16.5. The second-order valence-corrected chi connectivity index (χ2v) is 7.62. The SMILES string of the molecule is CC(=O)c1c(O)c(C)c(O)c2c1OC1=CC(=O)/C(=C(/C)NC[C@H](C)O)C(=O)[C@@]12C. The Morgan fingerprint density at radius 2 is 1.86 bits per heavy atom. The van der Waals surface area contributed by atoms with Crippen LogP contribution < -0.4 is 10.1 Å². The molecule has 1 aromatic carbocycles. The van der Waals surface area contributed by atoms with Crippen molar-refractivity contribution in [2.24, 2.45) is 0 Å². The van der Waals surface area contributed by atoms with E-state index in [9.17, 15) is 29.7 Å². The second kappa shape index (κ2) is 6.73. The molecular formula is C21H23NO7. The largest absolute Gasteiger partial charge is 0.507 e. The molecule has 0 saturated carbocycles. The molecule has 0 saturated heterocycles. The van der Waals surface area contributed by atoms with Gasteiger partial charge in [0, 0.05) is 23.9 Å². The first-order chi connectivity index (χ1) is 13.4. The Morgan fingerprint density at radius 1 is 1.24 bits per heavy atom. The zero-order valence-electron chi connectivity index (χ0n) is 16.8. The average molecular weight is 401 g/mol. The number of aromatic hydroxyl groups is 2. The van der Waals surface area contributed by atoms with Crippen LogP contribution in [0.25, 0.3) is 0 Å². The molecule has 1 aliphatic carbocycles. The summed E-state index contributed by atoms with van der Waals surface area (Å²) in [5.41, 5.74) is -1.45. The number of nitrogens with one attached hydrogen (secondary N) is 1. The number of benzene rings is 1. The first-order valence-electron chi connectivity index (χ1n) is 9.14. The zero-order valence-corrected chi connectivity index (χ0v) is 16.8. The fourth-order valence-electron chi connectivity index (χ4n) is 3.75. The molecule has 29 heavy (non-hydrogen) atoms. The van der Waals surface area contributed by atoms with Crippen LogP contribution in [0.4, 0.5) is 0 Å². The lowest BCUT2D eigenvalue weighted by Gasteiger charge is -2.29. The van der Waals surface area contributed by atoms with Gasteiger partial charge in [-0.3, -0.25) is 14.4 Å². The number of aliphatic hydroxyl groups is 1. The van der Waals surface area contributed by atoms with Gasteiger partial charge in [0.25, 0.3) is 0 Å². The Hall–Kier alpha value is -3.13. The Kier molecular flexibility index (Phi) is 4.78. The summed E-state index contributed by atoms with van der Waals surface area (Å²) in [6.07, 6.45) is 0.462. The molecule has 1 aromatic rings. The fraction of sp³-hybridized carbons (Fsp3) is 0.381. The normalized spacial score (nSPS) is 23.0. The van der Waals surface area contributed by atoms with E-state index in [0.29, 0.717) is 0 Å². The van der Waals surface area contributed by atoms with Crippen molar-refractivity contribution < 1.29 is 34.4 Å². The summed E-state index contributed by atoms with van der Waals surface area (Å²) in [4.78, 5) is 38.2. The van der Waals surface area contributed by atoms with Crippen molar-refractivity contribution in [2.45, 2.75) is 46.1 Å². The monoisotopic (exact) mass is 401 g/mol. The minimum Gasteiger partial charge on any atom is -0.507 e. The van der Waals surface area contributed by atoms with Gasteiger partial charge in [0.15, 0.2) is 17.3 Å². The Balaban J connectivity index is 2.28. The van der Waals surface area contributed by atoms with E-state index in [1.54, 1.807) is 13.8 Å². The minimum atomic E-state index is -1.54. The van der Waals surface area contributed by atoms with Crippen molar-refractivity contribution in [3.8, 4) is 17.2 Å². The van der Waals surface area contributed by atoms with Gasteiger partial charge in [0.05, 0.1) is 17.2 Å². The van der Waals surface area contributed by atoms with E-state index in [1.807, 2.05) is 0 Å². The van der Waals surface area contributed by atoms with Gasteiger partial charge in [0.1, 0.15) is 34.0 Å². The molecule has 0 spiro atoms. The highest BCUT2D eigenvalue weighted by Gasteiger charge is 2.56. The number of phenols is 2. The van der Waals surface area contributed by atoms with Crippen LogP contribution in [0.5, 0.6) is 17.2 Å². The highest BCUT2D eigenvalue weighted by Crippen LogP contribution is 2.57. The number of aliphatic hydroxyl groups excluding tert-OH is 1. The maximum absolute atomic E-state index is 13.5. The number of allylic oxidation sites excluding steroid dienone is 4. The maximum Gasteiger partial charge on any atom is 0.194 e. The number of ether oxygens (including phenoxy) is 1. The van der Waals surface area contributed by atoms with Crippen LogP contribution in [0.2, 0.25) is 0 Å². The molecule has 2 aliphatic rings. The minimum absolute atomic E-state index is 0.0163. The molecule has 4 N–H and O–H groups in total. The number of carbonyl (C=O) groups is 3. The van der Waals surface area contributed by atoms with Gasteiger partial charge in [0.2, 0.25) is 0 Å². The summed E-state index contributed by atoms with van der Waals surface area (Å²) >= 11 is 0. The van der Waals surface area contributed by atoms with Crippen LogP contribution in [0.1, 0.15) is 49.2 Å². The maximum atomic E-state index is 13.5. The average Bonchev–Trinajstić information content (AvgIpc) is 2.91. The van der Waals surface area contributed by atoms with Crippen LogP contribution in [0.15, 0.2) is 23.1 Å². The topological polar surface area (TPSA) is 133 Å². The lowest BCUT2D eigenvalue weighted by atomic mass is 9.70. The Morgan fingerprint density at radius 3 is 2.41 bits per heavy atom. The van der Waals surface area contributed by atoms with Crippen molar-refractivity contribution >= 4 is 17.3 Å². The van der Waals surface area contributed by atoms with Gasteiger partial charge in [-0.25, -0.2) is 0 Å². The fourth-order valence-corrected chi connectivity index (χ4v) is 3.75.